The highest BCUT2D eigenvalue weighted by Crippen LogP contribution is 2.40. The molecule has 0 bridgehead atoms. The van der Waals surface area contributed by atoms with Crippen LogP contribution >= 0.6 is 15.9 Å². The van der Waals surface area contributed by atoms with E-state index >= 15 is 0 Å². The zero-order valence-corrected chi connectivity index (χ0v) is 12.3. The van der Waals surface area contributed by atoms with Crippen LogP contribution in [0.15, 0.2) is 10.7 Å². The summed E-state index contributed by atoms with van der Waals surface area (Å²) in [6.07, 6.45) is 2.26. The normalized spacial score (nSPS) is 35.2. The molecule has 2 N–H and O–H groups in total. The first-order valence-electron chi connectivity index (χ1n) is 6.02. The Balaban J connectivity index is 2.29. The Morgan fingerprint density at radius 2 is 2.06 bits per heavy atom. The molecule has 0 spiro atoms. The van der Waals surface area contributed by atoms with E-state index in [1.165, 1.54) is 0 Å². The van der Waals surface area contributed by atoms with Crippen LogP contribution in [0, 0.1) is 11.8 Å². The average molecular weight is 302 g/mol. The molecule has 1 aromatic heterocycles. The van der Waals surface area contributed by atoms with Crippen LogP contribution in [0.25, 0.3) is 0 Å². The first-order chi connectivity index (χ1) is 7.93. The first-order valence-corrected chi connectivity index (χ1v) is 6.81. The molecule has 5 unspecified atom stereocenters. The molecule has 2 rings (SSSR count). The standard InChI is InChI=1S/C12H20BrN3O/c1-6-7(2)17-8(3)10(6)11(14)12-9(13)5-15-16(12)4/h5-8,10-11H,14H2,1-4H3. The molecule has 17 heavy (non-hydrogen) atoms. The number of aryl methyl sites for hydroxylation is 1. The molecule has 1 aromatic rings. The van der Waals surface area contributed by atoms with Gasteiger partial charge in [0.05, 0.1) is 34.6 Å². The summed E-state index contributed by atoms with van der Waals surface area (Å²) in [7, 11) is 1.93. The van der Waals surface area contributed by atoms with Crippen molar-refractivity contribution in [3.05, 3.63) is 16.4 Å². The van der Waals surface area contributed by atoms with Crippen molar-refractivity contribution in [3.63, 3.8) is 0 Å². The Morgan fingerprint density at radius 3 is 2.47 bits per heavy atom. The maximum atomic E-state index is 6.42. The quantitative estimate of drug-likeness (QED) is 0.911. The number of nitrogens with two attached hydrogens (primary N) is 1. The molecule has 1 saturated heterocycles. The Hall–Kier alpha value is -0.390. The topological polar surface area (TPSA) is 53.1 Å². The summed E-state index contributed by atoms with van der Waals surface area (Å²) >= 11 is 3.52. The minimum Gasteiger partial charge on any atom is -0.375 e. The summed E-state index contributed by atoms with van der Waals surface area (Å²) < 4.78 is 8.68. The van der Waals surface area contributed by atoms with Gasteiger partial charge < -0.3 is 10.5 Å². The van der Waals surface area contributed by atoms with E-state index in [4.69, 9.17) is 10.5 Å². The lowest BCUT2D eigenvalue weighted by molar-refractivity contribution is 0.0487. The summed E-state index contributed by atoms with van der Waals surface area (Å²) in [5, 5.41) is 4.23. The molecule has 1 aliphatic rings. The van der Waals surface area contributed by atoms with Gasteiger partial charge in [0.15, 0.2) is 0 Å². The van der Waals surface area contributed by atoms with Crippen LogP contribution in [-0.4, -0.2) is 22.0 Å². The van der Waals surface area contributed by atoms with Gasteiger partial charge in [0.25, 0.3) is 0 Å². The first kappa shape index (κ1) is 13.1. The van der Waals surface area contributed by atoms with Gasteiger partial charge in [-0.2, -0.15) is 5.10 Å². The number of halogens is 1. The van der Waals surface area contributed by atoms with Crippen LogP contribution in [0.2, 0.25) is 0 Å². The zero-order valence-electron chi connectivity index (χ0n) is 10.7. The molecular formula is C12H20BrN3O. The van der Waals surface area contributed by atoms with Crippen LogP contribution in [0.1, 0.15) is 32.5 Å². The number of aromatic nitrogens is 2. The van der Waals surface area contributed by atoms with Crippen molar-refractivity contribution < 1.29 is 4.74 Å². The Kier molecular flexibility index (Phi) is 3.61. The number of hydrogen-bond donors (Lipinski definition) is 1. The number of rotatable bonds is 2. The molecular weight excluding hydrogens is 282 g/mol. The van der Waals surface area contributed by atoms with Gasteiger partial charge in [-0.3, -0.25) is 4.68 Å². The maximum Gasteiger partial charge on any atom is 0.0694 e. The second-order valence-corrected chi connectivity index (χ2v) is 5.86. The molecule has 1 aliphatic heterocycles. The van der Waals surface area contributed by atoms with E-state index in [0.29, 0.717) is 11.8 Å². The predicted octanol–water partition coefficient (Wildman–Crippen LogP) is 2.24. The van der Waals surface area contributed by atoms with Gasteiger partial charge in [0.2, 0.25) is 0 Å². The maximum absolute atomic E-state index is 6.42. The van der Waals surface area contributed by atoms with Gasteiger partial charge in [0, 0.05) is 13.0 Å². The molecule has 2 heterocycles. The monoisotopic (exact) mass is 301 g/mol. The largest absolute Gasteiger partial charge is 0.375 e. The molecule has 5 heteroatoms. The molecule has 0 aromatic carbocycles. The van der Waals surface area contributed by atoms with E-state index < -0.39 is 0 Å². The van der Waals surface area contributed by atoms with Crippen LogP contribution in [0.4, 0.5) is 0 Å². The fourth-order valence-corrected chi connectivity index (χ4v) is 3.50. The second kappa shape index (κ2) is 4.71. The van der Waals surface area contributed by atoms with Crippen LogP contribution < -0.4 is 5.73 Å². The zero-order chi connectivity index (χ0) is 12.7. The van der Waals surface area contributed by atoms with Crippen LogP contribution in [0.5, 0.6) is 0 Å². The highest BCUT2D eigenvalue weighted by atomic mass is 79.9. The molecule has 96 valence electrons. The van der Waals surface area contributed by atoms with Gasteiger partial charge in [-0.1, -0.05) is 6.92 Å². The van der Waals surface area contributed by atoms with E-state index in [-0.39, 0.29) is 18.2 Å². The third-order valence-corrected chi connectivity index (χ3v) is 4.60. The molecule has 0 aliphatic carbocycles. The molecule has 0 saturated carbocycles. The van der Waals surface area contributed by atoms with Gasteiger partial charge in [0.1, 0.15) is 0 Å². The van der Waals surface area contributed by atoms with Crippen molar-refractivity contribution in [2.24, 2.45) is 24.6 Å². The van der Waals surface area contributed by atoms with E-state index in [2.05, 4.69) is 41.8 Å². The fourth-order valence-electron chi connectivity index (χ4n) is 2.89. The lowest BCUT2D eigenvalue weighted by Gasteiger charge is -2.26. The molecule has 1 fully saturated rings. The lowest BCUT2D eigenvalue weighted by Crippen LogP contribution is -2.32. The summed E-state index contributed by atoms with van der Waals surface area (Å²) in [5.74, 6) is 0.790. The summed E-state index contributed by atoms with van der Waals surface area (Å²) in [6.45, 7) is 6.43. The van der Waals surface area contributed by atoms with Crippen molar-refractivity contribution in [2.45, 2.75) is 39.0 Å². The van der Waals surface area contributed by atoms with Crippen LogP contribution in [-0.2, 0) is 11.8 Å². The number of nitrogens with zero attached hydrogens (tertiary/aromatic N) is 2. The van der Waals surface area contributed by atoms with Gasteiger partial charge >= 0.3 is 0 Å². The Bertz CT molecular complexity index is 387. The van der Waals surface area contributed by atoms with Gasteiger partial charge in [-0.15, -0.1) is 0 Å². The van der Waals surface area contributed by atoms with Crippen molar-refractivity contribution in [1.29, 1.82) is 0 Å². The summed E-state index contributed by atoms with van der Waals surface area (Å²) in [4.78, 5) is 0. The second-order valence-electron chi connectivity index (χ2n) is 5.01. The molecule has 0 amide bonds. The highest BCUT2D eigenvalue weighted by Gasteiger charge is 2.42. The Labute approximate surface area is 111 Å². The van der Waals surface area contributed by atoms with Crippen LogP contribution in [0.3, 0.4) is 0 Å². The van der Waals surface area contributed by atoms with E-state index in [0.717, 1.165) is 10.2 Å². The predicted molar refractivity (Wildman–Crippen MR) is 70.5 cm³/mol. The third kappa shape index (κ3) is 2.16. The lowest BCUT2D eigenvalue weighted by atomic mass is 9.82. The van der Waals surface area contributed by atoms with Crippen molar-refractivity contribution in [1.82, 2.24) is 9.78 Å². The summed E-state index contributed by atoms with van der Waals surface area (Å²) in [6, 6.07) is -0.0492. The van der Waals surface area contributed by atoms with Crippen molar-refractivity contribution in [2.75, 3.05) is 0 Å². The Morgan fingerprint density at radius 1 is 1.41 bits per heavy atom. The van der Waals surface area contributed by atoms with Gasteiger partial charge in [-0.25, -0.2) is 0 Å². The number of ether oxygens (including phenoxy) is 1. The van der Waals surface area contributed by atoms with Crippen molar-refractivity contribution >= 4 is 15.9 Å². The fraction of sp³-hybridized carbons (Fsp3) is 0.750. The minimum absolute atomic E-state index is 0.0492. The summed E-state index contributed by atoms with van der Waals surface area (Å²) in [5.41, 5.74) is 7.47. The highest BCUT2D eigenvalue weighted by molar-refractivity contribution is 9.10. The third-order valence-electron chi connectivity index (χ3n) is 3.99. The molecule has 5 atom stereocenters. The average Bonchev–Trinajstić information content (AvgIpc) is 2.69. The molecule has 0 radical (unpaired) electrons. The van der Waals surface area contributed by atoms with Crippen molar-refractivity contribution in [3.8, 4) is 0 Å². The van der Waals surface area contributed by atoms with Gasteiger partial charge in [-0.05, 0) is 35.7 Å². The van der Waals surface area contributed by atoms with E-state index in [9.17, 15) is 0 Å². The molecule has 4 nitrogen and oxygen atoms in total. The SMILES string of the molecule is CC1OC(C)C(C(N)c2c(Br)cnn2C)C1C. The van der Waals surface area contributed by atoms with E-state index in [1.807, 2.05) is 11.7 Å². The smallest absolute Gasteiger partial charge is 0.0694 e. The minimum atomic E-state index is -0.0492. The number of hydrogen-bond acceptors (Lipinski definition) is 3. The van der Waals surface area contributed by atoms with E-state index in [1.54, 1.807) is 6.20 Å².